The monoisotopic (exact) mass is 524 g/mol. The Morgan fingerprint density at radius 2 is 1.73 bits per heavy atom. The molecule has 0 radical (unpaired) electrons. The molecular formula is C26H29ClN6O4. The average molecular weight is 525 g/mol. The molecule has 2 N–H and O–H groups in total. The predicted molar refractivity (Wildman–Crippen MR) is 141 cm³/mol. The molecule has 0 aliphatic carbocycles. The Morgan fingerprint density at radius 1 is 1.03 bits per heavy atom. The number of anilines is 1. The first-order chi connectivity index (χ1) is 17.7. The van der Waals surface area contributed by atoms with Gasteiger partial charge in [0.2, 0.25) is 17.7 Å². The van der Waals surface area contributed by atoms with Crippen LogP contribution < -0.4 is 21.1 Å². The van der Waals surface area contributed by atoms with Gasteiger partial charge in [0.05, 0.1) is 29.7 Å². The molecule has 4 rings (SSSR count). The van der Waals surface area contributed by atoms with Gasteiger partial charge in [0, 0.05) is 50.9 Å². The Labute approximate surface area is 219 Å². The molecule has 0 bridgehead atoms. The van der Waals surface area contributed by atoms with Gasteiger partial charge in [0.1, 0.15) is 6.54 Å². The number of aromatic nitrogens is 2. The number of hydrogen-bond acceptors (Lipinski definition) is 6. The molecule has 1 fully saturated rings. The molecule has 1 unspecified atom stereocenters. The molecule has 1 saturated heterocycles. The van der Waals surface area contributed by atoms with E-state index in [0.717, 1.165) is 11.3 Å². The van der Waals surface area contributed by atoms with Crippen LogP contribution in [0.1, 0.15) is 24.9 Å². The van der Waals surface area contributed by atoms with Crippen molar-refractivity contribution in [1.82, 2.24) is 25.1 Å². The molecule has 0 spiro atoms. The summed E-state index contributed by atoms with van der Waals surface area (Å²) >= 11 is 5.98. The van der Waals surface area contributed by atoms with Crippen LogP contribution in [-0.4, -0.2) is 65.4 Å². The van der Waals surface area contributed by atoms with E-state index in [2.05, 4.69) is 20.5 Å². The molecule has 3 amide bonds. The highest BCUT2D eigenvalue weighted by Gasteiger charge is 2.21. The molecule has 1 aromatic heterocycles. The summed E-state index contributed by atoms with van der Waals surface area (Å²) < 4.78 is 1.26. The number of hydrogen-bond donors (Lipinski definition) is 2. The van der Waals surface area contributed by atoms with E-state index in [9.17, 15) is 19.2 Å². The molecule has 194 valence electrons. The van der Waals surface area contributed by atoms with Gasteiger partial charge in [-0.05, 0) is 35.9 Å². The second-order valence-corrected chi connectivity index (χ2v) is 9.36. The normalized spacial score (nSPS) is 14.4. The number of nitrogens with zero attached hydrogens (tertiary/aromatic N) is 4. The summed E-state index contributed by atoms with van der Waals surface area (Å²) in [6, 6.07) is 11.8. The molecule has 11 heteroatoms. The van der Waals surface area contributed by atoms with Gasteiger partial charge in [0.25, 0.3) is 5.56 Å². The summed E-state index contributed by atoms with van der Waals surface area (Å²) in [5, 5.41) is 6.36. The Kier molecular flexibility index (Phi) is 8.08. The third-order valence-corrected chi connectivity index (χ3v) is 6.74. The maximum absolute atomic E-state index is 13.3. The van der Waals surface area contributed by atoms with Crippen LogP contribution in [0.4, 0.5) is 5.69 Å². The van der Waals surface area contributed by atoms with Gasteiger partial charge < -0.3 is 20.4 Å². The summed E-state index contributed by atoms with van der Waals surface area (Å²) in [6.45, 7) is 3.89. The topological polar surface area (TPSA) is 117 Å². The average Bonchev–Trinajstić information content (AvgIpc) is 2.90. The zero-order valence-corrected chi connectivity index (χ0v) is 21.5. The minimum Gasteiger partial charge on any atom is -0.368 e. The first-order valence-electron chi connectivity index (χ1n) is 12.0. The zero-order valence-electron chi connectivity index (χ0n) is 20.7. The van der Waals surface area contributed by atoms with Gasteiger partial charge >= 0.3 is 0 Å². The van der Waals surface area contributed by atoms with Crippen LogP contribution in [0.15, 0.2) is 53.6 Å². The van der Waals surface area contributed by atoms with E-state index in [-0.39, 0.29) is 30.3 Å². The van der Waals surface area contributed by atoms with Gasteiger partial charge in [-0.1, -0.05) is 23.7 Å². The molecule has 2 aromatic carbocycles. The van der Waals surface area contributed by atoms with Crippen molar-refractivity contribution in [2.75, 3.05) is 38.1 Å². The summed E-state index contributed by atoms with van der Waals surface area (Å²) in [6.07, 6.45) is 1.39. The molecule has 10 nitrogen and oxygen atoms in total. The molecule has 0 saturated carbocycles. The van der Waals surface area contributed by atoms with Crippen LogP contribution in [0.3, 0.4) is 0 Å². The summed E-state index contributed by atoms with van der Waals surface area (Å²) in [7, 11) is 1.53. The zero-order chi connectivity index (χ0) is 26.5. The Hall–Kier alpha value is -3.92. The van der Waals surface area contributed by atoms with Crippen molar-refractivity contribution >= 4 is 45.9 Å². The van der Waals surface area contributed by atoms with Crippen LogP contribution in [-0.2, 0) is 20.9 Å². The fourth-order valence-corrected chi connectivity index (χ4v) is 4.49. The minimum absolute atomic E-state index is 0.0367. The van der Waals surface area contributed by atoms with Crippen molar-refractivity contribution < 1.29 is 14.4 Å². The van der Waals surface area contributed by atoms with Crippen LogP contribution in [0, 0.1) is 0 Å². The Bertz CT molecular complexity index is 1370. The van der Waals surface area contributed by atoms with Crippen LogP contribution >= 0.6 is 11.6 Å². The summed E-state index contributed by atoms with van der Waals surface area (Å²) in [5.41, 5.74) is 1.79. The number of piperazine rings is 1. The molecule has 1 aliphatic rings. The first-order valence-corrected chi connectivity index (χ1v) is 12.4. The first kappa shape index (κ1) is 26.2. The standard InChI is InChI=1S/C26H29ClN6O4/c1-17(34)31-9-11-32(12-10-31)20-7-8-22-21(13-20)26(37)33(16-29-22)15-25(36)30-23(14-24(35)28-2)18-3-5-19(27)6-4-18/h3-8,13,16,23H,9-12,14-15H2,1-2H3,(H,28,35)(H,30,36). The highest BCUT2D eigenvalue weighted by Crippen LogP contribution is 2.21. The van der Waals surface area contributed by atoms with Crippen molar-refractivity contribution in [3.63, 3.8) is 0 Å². The van der Waals surface area contributed by atoms with Crippen LogP contribution in [0.25, 0.3) is 10.9 Å². The van der Waals surface area contributed by atoms with Gasteiger partial charge in [-0.3, -0.25) is 23.7 Å². The summed E-state index contributed by atoms with van der Waals surface area (Å²) in [4.78, 5) is 58.1. The second kappa shape index (κ2) is 11.4. The fourth-order valence-electron chi connectivity index (χ4n) is 4.37. The summed E-state index contributed by atoms with van der Waals surface area (Å²) in [5.74, 6) is -0.609. The molecule has 3 aromatic rings. The van der Waals surface area contributed by atoms with Crippen molar-refractivity contribution in [2.45, 2.75) is 25.9 Å². The fraction of sp³-hybridized carbons (Fsp3) is 0.346. The third kappa shape index (κ3) is 6.26. The maximum atomic E-state index is 13.3. The molecule has 2 heterocycles. The predicted octanol–water partition coefficient (Wildman–Crippen LogP) is 1.71. The number of halogens is 1. The third-order valence-electron chi connectivity index (χ3n) is 6.49. The molecule has 1 aliphatic heterocycles. The van der Waals surface area contributed by atoms with E-state index in [4.69, 9.17) is 11.6 Å². The van der Waals surface area contributed by atoms with Gasteiger partial charge in [-0.2, -0.15) is 0 Å². The molecule has 37 heavy (non-hydrogen) atoms. The molecular weight excluding hydrogens is 496 g/mol. The number of carbonyl (C=O) groups excluding carboxylic acids is 3. The SMILES string of the molecule is CNC(=O)CC(NC(=O)Cn1cnc2ccc(N3CCN(C(C)=O)CC3)cc2c1=O)c1ccc(Cl)cc1. The highest BCUT2D eigenvalue weighted by molar-refractivity contribution is 6.30. The van der Waals surface area contributed by atoms with Crippen molar-refractivity contribution in [2.24, 2.45) is 0 Å². The Balaban J connectivity index is 1.52. The van der Waals surface area contributed by atoms with Crippen molar-refractivity contribution in [1.29, 1.82) is 0 Å². The number of nitrogens with one attached hydrogen (secondary N) is 2. The smallest absolute Gasteiger partial charge is 0.261 e. The molecule has 1 atom stereocenters. The van der Waals surface area contributed by atoms with Gasteiger partial charge in [-0.25, -0.2) is 4.98 Å². The lowest BCUT2D eigenvalue weighted by Gasteiger charge is -2.35. The van der Waals surface area contributed by atoms with Crippen molar-refractivity contribution in [3.8, 4) is 0 Å². The lowest BCUT2D eigenvalue weighted by atomic mass is 10.0. The number of carbonyl (C=O) groups is 3. The van der Waals surface area contributed by atoms with E-state index in [1.165, 1.54) is 17.9 Å². The number of amides is 3. The van der Waals surface area contributed by atoms with Crippen LogP contribution in [0.5, 0.6) is 0 Å². The van der Waals surface area contributed by atoms with E-state index < -0.39 is 11.9 Å². The minimum atomic E-state index is -0.589. The van der Waals surface area contributed by atoms with E-state index in [0.29, 0.717) is 42.1 Å². The largest absolute Gasteiger partial charge is 0.368 e. The lowest BCUT2D eigenvalue weighted by molar-refractivity contribution is -0.129. The number of fused-ring (bicyclic) bond motifs is 1. The highest BCUT2D eigenvalue weighted by atomic mass is 35.5. The quantitative estimate of drug-likeness (QED) is 0.486. The number of rotatable bonds is 7. The second-order valence-electron chi connectivity index (χ2n) is 8.92. The van der Waals surface area contributed by atoms with Crippen LogP contribution in [0.2, 0.25) is 5.02 Å². The number of benzene rings is 2. The van der Waals surface area contributed by atoms with E-state index in [1.54, 1.807) is 48.2 Å². The van der Waals surface area contributed by atoms with Crippen molar-refractivity contribution in [3.05, 3.63) is 69.7 Å². The maximum Gasteiger partial charge on any atom is 0.261 e. The van der Waals surface area contributed by atoms with Gasteiger partial charge in [0.15, 0.2) is 0 Å². The van der Waals surface area contributed by atoms with E-state index in [1.807, 2.05) is 6.07 Å². The lowest BCUT2D eigenvalue weighted by Crippen LogP contribution is -2.48. The van der Waals surface area contributed by atoms with Gasteiger partial charge in [-0.15, -0.1) is 0 Å². The Morgan fingerprint density at radius 3 is 2.38 bits per heavy atom. The van der Waals surface area contributed by atoms with E-state index >= 15 is 0 Å².